The van der Waals surface area contributed by atoms with Crippen molar-refractivity contribution in [2.24, 2.45) is 11.8 Å². The molecule has 1 saturated heterocycles. The summed E-state index contributed by atoms with van der Waals surface area (Å²) < 4.78 is 6.13. The van der Waals surface area contributed by atoms with Gasteiger partial charge in [0.25, 0.3) is 0 Å². The molecule has 1 saturated carbocycles. The van der Waals surface area contributed by atoms with Crippen molar-refractivity contribution in [2.45, 2.75) is 78.0 Å². The Hall–Kier alpha value is -0.410. The lowest BCUT2D eigenvalue weighted by molar-refractivity contribution is -0.126. The highest BCUT2D eigenvalue weighted by Crippen LogP contribution is 2.29. The number of carbonyl (C=O) groups excluding carboxylic acids is 1. The Bertz CT molecular complexity index is 321. The number of nitrogens with zero attached hydrogens (tertiary/aromatic N) is 1. The molecule has 1 aliphatic heterocycles. The van der Waals surface area contributed by atoms with E-state index in [9.17, 15) is 4.79 Å². The maximum atomic E-state index is 12.4. The molecule has 2 fully saturated rings. The second kappa shape index (κ2) is 7.04. The highest BCUT2D eigenvalue weighted by molar-refractivity contribution is 5.86. The largest absolute Gasteiger partial charge is 0.377 e. The van der Waals surface area contributed by atoms with Crippen molar-refractivity contribution in [3.63, 3.8) is 0 Å². The van der Waals surface area contributed by atoms with Crippen LogP contribution in [0.1, 0.15) is 59.8 Å². The normalized spacial score (nSPS) is 28.9. The molecule has 1 heterocycles. The number of likely N-dealkylation sites (tertiary alicyclic amines) is 1. The van der Waals surface area contributed by atoms with E-state index in [1.807, 2.05) is 13.8 Å². The van der Waals surface area contributed by atoms with Gasteiger partial charge in [-0.2, -0.15) is 0 Å². The number of hydrogen-bond acceptors (Lipinski definition) is 3. The quantitative estimate of drug-likeness (QED) is 0.748. The van der Waals surface area contributed by atoms with Crippen LogP contribution in [-0.2, 0) is 9.53 Å². The molecule has 0 spiro atoms. The van der Waals surface area contributed by atoms with Crippen LogP contribution in [0.3, 0.4) is 0 Å². The van der Waals surface area contributed by atoms with Gasteiger partial charge >= 0.3 is 0 Å². The Morgan fingerprint density at radius 1 is 1.20 bits per heavy atom. The second-order valence-corrected chi connectivity index (χ2v) is 7.20. The monoisotopic (exact) mass is 281 g/mol. The SMILES string of the molecule is CC(C)C(=O)[C@@H]1C[C@@H](OCC2CCCC2)CN1C(C)C. The van der Waals surface area contributed by atoms with Crippen molar-refractivity contribution in [1.29, 1.82) is 0 Å². The maximum Gasteiger partial charge on any atom is 0.152 e. The first-order chi connectivity index (χ1) is 9.49. The van der Waals surface area contributed by atoms with E-state index < -0.39 is 0 Å². The van der Waals surface area contributed by atoms with E-state index in [0.717, 1.165) is 25.5 Å². The van der Waals surface area contributed by atoms with Gasteiger partial charge in [0, 0.05) is 25.1 Å². The zero-order valence-corrected chi connectivity index (χ0v) is 13.6. The van der Waals surface area contributed by atoms with Crippen molar-refractivity contribution in [1.82, 2.24) is 4.90 Å². The van der Waals surface area contributed by atoms with Crippen molar-refractivity contribution < 1.29 is 9.53 Å². The molecule has 20 heavy (non-hydrogen) atoms. The van der Waals surface area contributed by atoms with Crippen LogP contribution in [0.25, 0.3) is 0 Å². The summed E-state index contributed by atoms with van der Waals surface area (Å²) >= 11 is 0. The van der Waals surface area contributed by atoms with E-state index in [4.69, 9.17) is 4.74 Å². The summed E-state index contributed by atoms with van der Waals surface area (Å²) in [6, 6.07) is 0.492. The van der Waals surface area contributed by atoms with Gasteiger partial charge in [0.05, 0.1) is 12.1 Å². The molecule has 0 aromatic carbocycles. The number of carbonyl (C=O) groups is 1. The van der Waals surface area contributed by atoms with E-state index in [1.165, 1.54) is 25.7 Å². The summed E-state index contributed by atoms with van der Waals surface area (Å²) in [4.78, 5) is 14.7. The van der Waals surface area contributed by atoms with Gasteiger partial charge < -0.3 is 4.74 Å². The summed E-state index contributed by atoms with van der Waals surface area (Å²) in [5.41, 5.74) is 0. The van der Waals surface area contributed by atoms with E-state index in [1.54, 1.807) is 0 Å². The molecule has 0 bridgehead atoms. The molecular weight excluding hydrogens is 250 g/mol. The van der Waals surface area contributed by atoms with Gasteiger partial charge in [-0.3, -0.25) is 9.69 Å². The maximum absolute atomic E-state index is 12.4. The summed E-state index contributed by atoms with van der Waals surface area (Å²) in [5, 5.41) is 0. The highest BCUT2D eigenvalue weighted by Gasteiger charge is 2.39. The molecule has 2 atom stereocenters. The number of Topliss-reactive ketones (excluding diaryl/α,β-unsaturated/α-hetero) is 1. The summed E-state index contributed by atoms with van der Waals surface area (Å²) in [5.74, 6) is 1.27. The third-order valence-corrected chi connectivity index (χ3v) is 4.90. The molecule has 0 N–H and O–H groups in total. The highest BCUT2D eigenvalue weighted by atomic mass is 16.5. The Labute approximate surface area is 124 Å². The zero-order valence-electron chi connectivity index (χ0n) is 13.6. The van der Waals surface area contributed by atoms with Crippen LogP contribution in [0.15, 0.2) is 0 Å². The first-order valence-corrected chi connectivity index (χ1v) is 8.40. The van der Waals surface area contributed by atoms with Crippen LogP contribution in [0, 0.1) is 11.8 Å². The Morgan fingerprint density at radius 2 is 1.85 bits per heavy atom. The first-order valence-electron chi connectivity index (χ1n) is 8.40. The minimum Gasteiger partial charge on any atom is -0.377 e. The zero-order chi connectivity index (χ0) is 14.7. The van der Waals surface area contributed by atoms with Gasteiger partial charge in [0.2, 0.25) is 0 Å². The smallest absolute Gasteiger partial charge is 0.152 e. The average Bonchev–Trinajstić information content (AvgIpc) is 3.04. The fraction of sp³-hybridized carbons (Fsp3) is 0.941. The number of ether oxygens (including phenoxy) is 1. The van der Waals surface area contributed by atoms with Crippen LogP contribution in [0.5, 0.6) is 0 Å². The third kappa shape index (κ3) is 3.82. The molecule has 1 aliphatic carbocycles. The van der Waals surface area contributed by atoms with E-state index in [0.29, 0.717) is 11.8 Å². The van der Waals surface area contributed by atoms with Crippen LogP contribution in [0.4, 0.5) is 0 Å². The third-order valence-electron chi connectivity index (χ3n) is 4.90. The van der Waals surface area contributed by atoms with Gasteiger partial charge in [-0.05, 0) is 39.0 Å². The molecule has 0 radical (unpaired) electrons. The molecule has 0 aromatic rings. The van der Waals surface area contributed by atoms with Crippen LogP contribution in [0.2, 0.25) is 0 Å². The van der Waals surface area contributed by atoms with Crippen LogP contribution < -0.4 is 0 Å². The summed E-state index contributed by atoms with van der Waals surface area (Å²) in [6.45, 7) is 10.2. The minimum atomic E-state index is 0.0728. The predicted molar refractivity (Wildman–Crippen MR) is 81.8 cm³/mol. The fourth-order valence-electron chi connectivity index (χ4n) is 3.63. The second-order valence-electron chi connectivity index (χ2n) is 7.20. The topological polar surface area (TPSA) is 29.5 Å². The van der Waals surface area contributed by atoms with Crippen molar-refractivity contribution in [3.8, 4) is 0 Å². The standard InChI is InChI=1S/C17H31NO2/c1-12(2)17(19)16-9-15(10-18(16)13(3)4)20-11-14-7-5-6-8-14/h12-16H,5-11H2,1-4H3/t15-,16+/m1/s1. The molecule has 0 aromatic heterocycles. The molecule has 2 aliphatic rings. The van der Waals surface area contributed by atoms with Gasteiger partial charge in [-0.1, -0.05) is 26.7 Å². The van der Waals surface area contributed by atoms with E-state index in [2.05, 4.69) is 18.7 Å². The van der Waals surface area contributed by atoms with Gasteiger partial charge in [0.15, 0.2) is 5.78 Å². The Morgan fingerprint density at radius 3 is 2.40 bits per heavy atom. The van der Waals surface area contributed by atoms with E-state index >= 15 is 0 Å². The van der Waals surface area contributed by atoms with Crippen molar-refractivity contribution >= 4 is 5.78 Å². The summed E-state index contributed by atoms with van der Waals surface area (Å²) in [7, 11) is 0. The number of ketones is 1. The van der Waals surface area contributed by atoms with Crippen LogP contribution >= 0.6 is 0 Å². The molecule has 116 valence electrons. The van der Waals surface area contributed by atoms with Crippen molar-refractivity contribution in [2.75, 3.05) is 13.2 Å². The van der Waals surface area contributed by atoms with Gasteiger partial charge in [-0.25, -0.2) is 0 Å². The summed E-state index contributed by atoms with van der Waals surface area (Å²) in [6.07, 6.45) is 6.54. The predicted octanol–water partition coefficient (Wildman–Crippen LogP) is 3.27. The average molecular weight is 281 g/mol. The minimum absolute atomic E-state index is 0.0728. The Kier molecular flexibility index (Phi) is 5.62. The van der Waals surface area contributed by atoms with E-state index in [-0.39, 0.29) is 18.1 Å². The lowest BCUT2D eigenvalue weighted by Crippen LogP contribution is -2.42. The number of rotatable bonds is 6. The molecule has 3 heteroatoms. The molecule has 2 rings (SSSR count). The molecular formula is C17H31NO2. The fourth-order valence-corrected chi connectivity index (χ4v) is 3.63. The van der Waals surface area contributed by atoms with Gasteiger partial charge in [-0.15, -0.1) is 0 Å². The van der Waals surface area contributed by atoms with Crippen molar-refractivity contribution in [3.05, 3.63) is 0 Å². The Balaban J connectivity index is 1.88. The molecule has 0 unspecified atom stereocenters. The molecule has 3 nitrogen and oxygen atoms in total. The number of hydrogen-bond donors (Lipinski definition) is 0. The van der Waals surface area contributed by atoms with Gasteiger partial charge in [0.1, 0.15) is 0 Å². The lowest BCUT2D eigenvalue weighted by Gasteiger charge is -2.27. The van der Waals surface area contributed by atoms with Crippen LogP contribution in [-0.4, -0.2) is 42.0 Å². The lowest BCUT2D eigenvalue weighted by atomic mass is 9.99. The first kappa shape index (κ1) is 16.0. The molecule has 0 amide bonds.